The van der Waals surface area contributed by atoms with Crippen LogP contribution in [0.3, 0.4) is 0 Å². The first kappa shape index (κ1) is 12.9. The zero-order chi connectivity index (χ0) is 9.40. The third kappa shape index (κ3) is 6.46. The Kier molecular flexibility index (Phi) is 9.21. The van der Waals surface area contributed by atoms with Gasteiger partial charge in [-0.25, -0.2) is 0 Å². The van der Waals surface area contributed by atoms with Gasteiger partial charge in [-0.3, -0.25) is 25.8 Å². The smallest absolute Gasteiger partial charge is 0.280 e. The van der Waals surface area contributed by atoms with E-state index < -0.39 is 0 Å². The SMILES string of the molecule is CC(C)c1cc[c]cc1.[Br][Mg][Br]. The van der Waals surface area contributed by atoms with Crippen LogP contribution in [0.4, 0.5) is 0 Å². The molecule has 0 heterocycles. The Morgan fingerprint density at radius 2 is 1.67 bits per heavy atom. The minimum absolute atomic E-state index is 0.0417. The first-order valence-electron chi connectivity index (χ1n) is 3.80. The Balaban J connectivity index is 0.000000354. The summed E-state index contributed by atoms with van der Waals surface area (Å²) in [5.41, 5.74) is 1.38. The van der Waals surface area contributed by atoms with Gasteiger partial charge in [0.25, 0.3) is 0 Å². The topological polar surface area (TPSA) is 0 Å². The molecule has 0 amide bonds. The Morgan fingerprint density at radius 1 is 1.25 bits per heavy atom. The molecule has 0 aliphatic carbocycles. The Bertz CT molecular complexity index is 187. The molecule has 0 fully saturated rings. The molecule has 1 rings (SSSR count). The van der Waals surface area contributed by atoms with Gasteiger partial charge in [0.15, 0.2) is 0 Å². The van der Waals surface area contributed by atoms with Gasteiger partial charge in [-0.1, -0.05) is 38.1 Å². The van der Waals surface area contributed by atoms with E-state index in [0.29, 0.717) is 5.92 Å². The number of hydrogen-bond donors (Lipinski definition) is 0. The molecule has 0 aliphatic rings. The van der Waals surface area contributed by atoms with Crippen molar-refractivity contribution < 1.29 is 0 Å². The zero-order valence-electron chi connectivity index (χ0n) is 7.35. The third-order valence-electron chi connectivity index (χ3n) is 1.41. The van der Waals surface area contributed by atoms with Gasteiger partial charge >= 0.3 is 16.0 Å². The molecule has 0 N–H and O–H groups in total. The molecule has 0 saturated carbocycles. The van der Waals surface area contributed by atoms with Crippen molar-refractivity contribution in [3.05, 3.63) is 35.9 Å². The lowest BCUT2D eigenvalue weighted by atomic mass is 10.0. The van der Waals surface area contributed by atoms with Crippen molar-refractivity contribution in [3.8, 4) is 0 Å². The lowest BCUT2D eigenvalue weighted by molar-refractivity contribution is 0.866. The molecule has 0 spiro atoms. The lowest BCUT2D eigenvalue weighted by Crippen LogP contribution is -1.83. The fraction of sp³-hybridized carbons (Fsp3) is 0.333. The second-order valence-corrected chi connectivity index (χ2v) is 10.7. The quantitative estimate of drug-likeness (QED) is 0.690. The molecule has 0 nitrogen and oxygen atoms in total. The molecule has 0 saturated heterocycles. The molecule has 12 heavy (non-hydrogen) atoms. The van der Waals surface area contributed by atoms with Crippen LogP contribution in [0.1, 0.15) is 25.3 Å². The highest BCUT2D eigenvalue weighted by atomic mass is 79.9. The van der Waals surface area contributed by atoms with Crippen molar-refractivity contribution in [2.75, 3.05) is 0 Å². The minimum atomic E-state index is 0.0417. The largest absolute Gasteiger partial charge is 0.560 e. The van der Waals surface area contributed by atoms with Crippen molar-refractivity contribution in [3.63, 3.8) is 0 Å². The molecular formula is C9H11Br2Mg. The molecular weight excluding hydrogens is 292 g/mol. The van der Waals surface area contributed by atoms with Crippen molar-refractivity contribution >= 4 is 41.8 Å². The van der Waals surface area contributed by atoms with Crippen LogP contribution in [0.2, 0.25) is 0 Å². The van der Waals surface area contributed by atoms with E-state index in [0.717, 1.165) is 0 Å². The Hall–Kier alpha value is 0.946. The summed E-state index contributed by atoms with van der Waals surface area (Å²) in [5.74, 6) is 0.639. The van der Waals surface area contributed by atoms with Gasteiger partial charge in [0.2, 0.25) is 0 Å². The van der Waals surface area contributed by atoms with E-state index in [1.54, 1.807) is 0 Å². The number of halogens is 2. The van der Waals surface area contributed by atoms with Gasteiger partial charge in [-0.15, -0.1) is 0 Å². The van der Waals surface area contributed by atoms with Crippen LogP contribution in [0.15, 0.2) is 24.3 Å². The van der Waals surface area contributed by atoms with Crippen LogP contribution < -0.4 is 0 Å². The Labute approximate surface area is 96.6 Å². The molecule has 0 unspecified atom stereocenters. The van der Waals surface area contributed by atoms with Crippen LogP contribution in [-0.2, 0) is 0 Å². The van der Waals surface area contributed by atoms with E-state index in [1.165, 1.54) is 5.56 Å². The standard InChI is InChI=1S/C9H11.2BrH.Mg/c1-8(2)9-6-4-3-5-7-9;;;/h4-8H,1-2H3;2*1H;/q;;;+2/p-2. The fourth-order valence-corrected chi connectivity index (χ4v) is 0.785. The molecule has 0 aromatic heterocycles. The minimum Gasteiger partial charge on any atom is -0.280 e. The summed E-state index contributed by atoms with van der Waals surface area (Å²) in [6, 6.07) is 11.1. The monoisotopic (exact) mass is 301 g/mol. The maximum absolute atomic E-state index is 3.20. The molecule has 1 aromatic carbocycles. The van der Waals surface area contributed by atoms with Gasteiger partial charge in [0, 0.05) is 0 Å². The summed E-state index contributed by atoms with van der Waals surface area (Å²) >= 11 is 6.44. The van der Waals surface area contributed by atoms with Crippen LogP contribution in [0, 0.1) is 6.07 Å². The van der Waals surface area contributed by atoms with E-state index in [4.69, 9.17) is 0 Å². The summed E-state index contributed by atoms with van der Waals surface area (Å²) in [4.78, 5) is 0. The van der Waals surface area contributed by atoms with Gasteiger partial charge < -0.3 is 0 Å². The van der Waals surface area contributed by atoms with Gasteiger partial charge in [-0.2, -0.15) is 0 Å². The van der Waals surface area contributed by atoms with Crippen molar-refractivity contribution in [1.82, 2.24) is 0 Å². The normalized spacial score (nSPS) is 8.42. The molecule has 3 heteroatoms. The highest BCUT2D eigenvalue weighted by Gasteiger charge is 1.93. The van der Waals surface area contributed by atoms with Gasteiger partial charge in [0.1, 0.15) is 0 Å². The van der Waals surface area contributed by atoms with E-state index >= 15 is 0 Å². The van der Waals surface area contributed by atoms with Crippen LogP contribution in [0.5, 0.6) is 0 Å². The summed E-state index contributed by atoms with van der Waals surface area (Å²) in [7, 11) is 0. The van der Waals surface area contributed by atoms with Crippen LogP contribution in [-0.4, -0.2) is 16.0 Å². The average Bonchev–Trinajstić information content (AvgIpc) is 2.07. The first-order chi connectivity index (χ1) is 5.72. The first-order valence-corrected chi connectivity index (χ1v) is 11.6. The summed E-state index contributed by atoms with van der Waals surface area (Å²) in [6.45, 7) is 4.38. The maximum atomic E-state index is 3.20. The fourth-order valence-electron chi connectivity index (χ4n) is 0.785. The van der Waals surface area contributed by atoms with Gasteiger partial charge in [0.05, 0.1) is 0 Å². The van der Waals surface area contributed by atoms with E-state index in [9.17, 15) is 0 Å². The lowest BCUT2D eigenvalue weighted by Gasteiger charge is -2.01. The maximum Gasteiger partial charge on any atom is 0.560 e. The molecule has 1 radical (unpaired) electrons. The van der Waals surface area contributed by atoms with E-state index in [2.05, 4.69) is 57.8 Å². The van der Waals surface area contributed by atoms with E-state index in [1.807, 2.05) is 12.1 Å². The molecule has 0 bridgehead atoms. The summed E-state index contributed by atoms with van der Waals surface area (Å²) in [5, 5.41) is 0. The highest BCUT2D eigenvalue weighted by Crippen LogP contribution is 2.11. The van der Waals surface area contributed by atoms with Crippen LogP contribution >= 0.6 is 25.8 Å². The predicted molar refractivity (Wildman–Crippen MR) is 63.0 cm³/mol. The number of benzene rings is 1. The predicted octanol–water partition coefficient (Wildman–Crippen LogP) is 3.92. The molecule has 63 valence electrons. The average molecular weight is 303 g/mol. The number of rotatable bonds is 1. The second-order valence-electron chi connectivity index (χ2n) is 2.59. The molecule has 0 aliphatic heterocycles. The second kappa shape index (κ2) is 8.54. The Morgan fingerprint density at radius 3 is 1.92 bits per heavy atom. The van der Waals surface area contributed by atoms with Crippen molar-refractivity contribution in [1.29, 1.82) is 0 Å². The van der Waals surface area contributed by atoms with Crippen molar-refractivity contribution in [2.45, 2.75) is 19.8 Å². The number of hydrogen-bond acceptors (Lipinski definition) is 0. The zero-order valence-corrected chi connectivity index (χ0v) is 11.9. The van der Waals surface area contributed by atoms with Crippen LogP contribution in [0.25, 0.3) is 0 Å². The van der Waals surface area contributed by atoms with Crippen molar-refractivity contribution in [2.24, 2.45) is 0 Å². The molecule has 0 atom stereocenters. The summed E-state index contributed by atoms with van der Waals surface area (Å²) in [6.07, 6.45) is 0. The molecule has 1 aromatic rings. The van der Waals surface area contributed by atoms with E-state index in [-0.39, 0.29) is 16.0 Å². The third-order valence-corrected chi connectivity index (χ3v) is 1.41. The van der Waals surface area contributed by atoms with Gasteiger partial charge in [-0.05, 0) is 17.5 Å². The highest BCUT2D eigenvalue weighted by molar-refractivity contribution is 9.47. The summed E-state index contributed by atoms with van der Waals surface area (Å²) < 4.78 is 0.